The SMILES string of the molecule is C=CC1CCC(OC(F)(F)F)C(F)C1. The Balaban J connectivity index is 2.46. The highest BCUT2D eigenvalue weighted by molar-refractivity contribution is 4.89. The van der Waals surface area contributed by atoms with Gasteiger partial charge in [-0.2, -0.15) is 0 Å². The van der Waals surface area contributed by atoms with Gasteiger partial charge in [-0.15, -0.1) is 19.8 Å². The Bertz CT molecular complexity index is 201. The predicted octanol–water partition coefficient (Wildman–Crippen LogP) is 3.22. The summed E-state index contributed by atoms with van der Waals surface area (Å²) in [4.78, 5) is 0. The summed E-state index contributed by atoms with van der Waals surface area (Å²) in [7, 11) is 0. The van der Waals surface area contributed by atoms with Gasteiger partial charge in [-0.25, -0.2) is 4.39 Å². The summed E-state index contributed by atoms with van der Waals surface area (Å²) in [6.45, 7) is 3.49. The van der Waals surface area contributed by atoms with Gasteiger partial charge in [0.2, 0.25) is 0 Å². The van der Waals surface area contributed by atoms with Crippen molar-refractivity contribution < 1.29 is 22.3 Å². The van der Waals surface area contributed by atoms with Crippen molar-refractivity contribution in [3.05, 3.63) is 12.7 Å². The van der Waals surface area contributed by atoms with Crippen LogP contribution in [-0.4, -0.2) is 18.6 Å². The molecule has 0 saturated heterocycles. The molecular weight excluding hydrogens is 200 g/mol. The maximum Gasteiger partial charge on any atom is 0.522 e. The lowest BCUT2D eigenvalue weighted by Gasteiger charge is -2.30. The van der Waals surface area contributed by atoms with Crippen molar-refractivity contribution in [3.8, 4) is 0 Å². The monoisotopic (exact) mass is 212 g/mol. The Morgan fingerprint density at radius 2 is 1.93 bits per heavy atom. The van der Waals surface area contributed by atoms with E-state index in [-0.39, 0.29) is 18.8 Å². The minimum atomic E-state index is -4.74. The van der Waals surface area contributed by atoms with Crippen LogP contribution in [0.5, 0.6) is 0 Å². The van der Waals surface area contributed by atoms with Crippen LogP contribution < -0.4 is 0 Å². The highest BCUT2D eigenvalue weighted by Gasteiger charge is 2.39. The molecule has 0 bridgehead atoms. The molecule has 0 aromatic rings. The molecule has 0 radical (unpaired) electrons. The maximum atomic E-state index is 13.1. The molecule has 1 aliphatic rings. The lowest BCUT2D eigenvalue weighted by molar-refractivity contribution is -0.351. The lowest BCUT2D eigenvalue weighted by Crippen LogP contribution is -2.36. The van der Waals surface area contributed by atoms with Crippen molar-refractivity contribution in [3.63, 3.8) is 0 Å². The molecule has 0 spiro atoms. The normalized spacial score (nSPS) is 34.1. The summed E-state index contributed by atoms with van der Waals surface area (Å²) < 4.78 is 52.2. The number of rotatable bonds is 2. The Hall–Kier alpha value is -0.580. The molecule has 3 atom stereocenters. The molecule has 0 N–H and O–H groups in total. The summed E-state index contributed by atoms with van der Waals surface area (Å²) in [6, 6.07) is 0. The van der Waals surface area contributed by atoms with E-state index in [1.54, 1.807) is 6.08 Å². The van der Waals surface area contributed by atoms with Crippen LogP contribution >= 0.6 is 0 Å². The molecule has 0 aromatic carbocycles. The molecule has 1 rings (SSSR count). The maximum absolute atomic E-state index is 13.1. The van der Waals surface area contributed by atoms with Crippen LogP contribution in [0.2, 0.25) is 0 Å². The van der Waals surface area contributed by atoms with Crippen molar-refractivity contribution in [2.75, 3.05) is 0 Å². The fourth-order valence-corrected chi connectivity index (χ4v) is 1.64. The minimum absolute atomic E-state index is 0.0296. The van der Waals surface area contributed by atoms with Crippen molar-refractivity contribution in [2.24, 2.45) is 5.92 Å². The van der Waals surface area contributed by atoms with Crippen LogP contribution in [0.15, 0.2) is 12.7 Å². The van der Waals surface area contributed by atoms with Crippen LogP contribution in [0.25, 0.3) is 0 Å². The molecular formula is C9H12F4O. The van der Waals surface area contributed by atoms with Crippen LogP contribution in [0.3, 0.4) is 0 Å². The lowest BCUT2D eigenvalue weighted by atomic mass is 9.86. The van der Waals surface area contributed by atoms with Crippen molar-refractivity contribution in [2.45, 2.75) is 37.9 Å². The van der Waals surface area contributed by atoms with Gasteiger partial charge in [0, 0.05) is 0 Å². The number of alkyl halides is 4. The van der Waals surface area contributed by atoms with Gasteiger partial charge >= 0.3 is 6.36 Å². The van der Waals surface area contributed by atoms with E-state index in [2.05, 4.69) is 11.3 Å². The van der Waals surface area contributed by atoms with E-state index in [1.165, 1.54) is 0 Å². The van der Waals surface area contributed by atoms with Gasteiger partial charge < -0.3 is 0 Å². The highest BCUT2D eigenvalue weighted by atomic mass is 19.4. The number of hydrogen-bond acceptors (Lipinski definition) is 1. The third-order valence-electron chi connectivity index (χ3n) is 2.37. The molecule has 1 fully saturated rings. The topological polar surface area (TPSA) is 9.23 Å². The average Bonchev–Trinajstić information content (AvgIpc) is 2.06. The first-order chi connectivity index (χ1) is 6.42. The Morgan fingerprint density at radius 3 is 2.36 bits per heavy atom. The number of hydrogen-bond donors (Lipinski definition) is 0. The Kier molecular flexibility index (Phi) is 3.53. The largest absolute Gasteiger partial charge is 0.522 e. The van der Waals surface area contributed by atoms with E-state index in [0.29, 0.717) is 6.42 Å². The summed E-state index contributed by atoms with van der Waals surface area (Å²) in [5.41, 5.74) is 0. The molecule has 5 heteroatoms. The second-order valence-electron chi connectivity index (χ2n) is 3.43. The second kappa shape index (κ2) is 4.29. The molecule has 1 aliphatic carbocycles. The van der Waals surface area contributed by atoms with Gasteiger partial charge in [0.25, 0.3) is 0 Å². The van der Waals surface area contributed by atoms with Crippen LogP contribution in [-0.2, 0) is 4.74 Å². The fourth-order valence-electron chi connectivity index (χ4n) is 1.64. The third kappa shape index (κ3) is 3.29. The summed E-state index contributed by atoms with van der Waals surface area (Å²) in [6.07, 6.45) is -5.38. The molecule has 0 heterocycles. The van der Waals surface area contributed by atoms with E-state index in [4.69, 9.17) is 0 Å². The molecule has 3 unspecified atom stereocenters. The zero-order valence-corrected chi connectivity index (χ0v) is 7.56. The molecule has 14 heavy (non-hydrogen) atoms. The van der Waals surface area contributed by atoms with Gasteiger partial charge in [-0.05, 0) is 25.2 Å². The quantitative estimate of drug-likeness (QED) is 0.504. The molecule has 1 nitrogen and oxygen atoms in total. The highest BCUT2D eigenvalue weighted by Crippen LogP contribution is 2.33. The first-order valence-corrected chi connectivity index (χ1v) is 4.43. The Morgan fingerprint density at radius 1 is 1.29 bits per heavy atom. The van der Waals surface area contributed by atoms with Crippen molar-refractivity contribution in [1.29, 1.82) is 0 Å². The number of halogens is 4. The average molecular weight is 212 g/mol. The Labute approximate surface area is 79.7 Å². The van der Waals surface area contributed by atoms with Gasteiger partial charge in [0.05, 0.1) is 6.10 Å². The van der Waals surface area contributed by atoms with E-state index < -0.39 is 18.6 Å². The smallest absolute Gasteiger partial charge is 0.286 e. The predicted molar refractivity (Wildman–Crippen MR) is 43.4 cm³/mol. The number of allylic oxidation sites excluding steroid dienone is 1. The molecule has 82 valence electrons. The summed E-state index contributed by atoms with van der Waals surface area (Å²) >= 11 is 0. The van der Waals surface area contributed by atoms with Gasteiger partial charge in [-0.1, -0.05) is 6.08 Å². The number of ether oxygens (including phenoxy) is 1. The summed E-state index contributed by atoms with van der Waals surface area (Å²) in [5.74, 6) is -0.0296. The second-order valence-corrected chi connectivity index (χ2v) is 3.43. The molecule has 0 amide bonds. The summed E-state index contributed by atoms with van der Waals surface area (Å²) in [5, 5.41) is 0. The molecule has 1 saturated carbocycles. The fraction of sp³-hybridized carbons (Fsp3) is 0.778. The van der Waals surface area contributed by atoms with Crippen LogP contribution in [0, 0.1) is 5.92 Å². The van der Waals surface area contributed by atoms with E-state index in [9.17, 15) is 17.6 Å². The van der Waals surface area contributed by atoms with Crippen molar-refractivity contribution in [1.82, 2.24) is 0 Å². The standard InChI is InChI=1S/C9H12F4O/c1-2-6-3-4-8(7(10)5-6)14-9(11,12)13/h2,6-8H,1,3-5H2. The molecule has 0 aromatic heterocycles. The van der Waals surface area contributed by atoms with Crippen LogP contribution in [0.4, 0.5) is 17.6 Å². The van der Waals surface area contributed by atoms with Crippen molar-refractivity contribution >= 4 is 0 Å². The zero-order valence-electron chi connectivity index (χ0n) is 7.56. The first-order valence-electron chi connectivity index (χ1n) is 4.43. The van der Waals surface area contributed by atoms with E-state index >= 15 is 0 Å². The van der Waals surface area contributed by atoms with Gasteiger partial charge in [0.1, 0.15) is 6.17 Å². The minimum Gasteiger partial charge on any atom is -0.286 e. The first kappa shape index (κ1) is 11.5. The third-order valence-corrected chi connectivity index (χ3v) is 2.37. The van der Waals surface area contributed by atoms with Gasteiger partial charge in [-0.3, -0.25) is 4.74 Å². The van der Waals surface area contributed by atoms with Crippen LogP contribution in [0.1, 0.15) is 19.3 Å². The van der Waals surface area contributed by atoms with E-state index in [0.717, 1.165) is 0 Å². The molecule has 0 aliphatic heterocycles. The zero-order chi connectivity index (χ0) is 10.8. The van der Waals surface area contributed by atoms with Gasteiger partial charge in [0.15, 0.2) is 0 Å². The van der Waals surface area contributed by atoms with E-state index in [1.807, 2.05) is 0 Å².